The van der Waals surface area contributed by atoms with E-state index in [0.29, 0.717) is 12.5 Å². The zero-order chi connectivity index (χ0) is 25.8. The Morgan fingerprint density at radius 1 is 0.486 bits per heavy atom. The van der Waals surface area contributed by atoms with Crippen molar-refractivity contribution in [1.29, 1.82) is 0 Å². The molecule has 0 aliphatic rings. The molecular formula is C33H66O2. The number of ether oxygens (including phenoxy) is 1. The monoisotopic (exact) mass is 495 g/mol. The molecule has 0 bridgehead atoms. The molecule has 0 saturated carbocycles. The van der Waals surface area contributed by atoms with Crippen LogP contribution >= 0.6 is 0 Å². The minimum absolute atomic E-state index is 0.0492. The molecule has 2 unspecified atom stereocenters. The summed E-state index contributed by atoms with van der Waals surface area (Å²) in [6.07, 6.45) is 33.2. The van der Waals surface area contributed by atoms with E-state index in [4.69, 9.17) is 4.74 Å². The van der Waals surface area contributed by atoms with Crippen LogP contribution in [0.15, 0.2) is 0 Å². The predicted octanol–water partition coefficient (Wildman–Crippen LogP) is 11.6. The van der Waals surface area contributed by atoms with Crippen LogP contribution in [0.1, 0.15) is 188 Å². The molecule has 0 heterocycles. The molecule has 0 aromatic carbocycles. The average Bonchev–Trinajstić information content (AvgIpc) is 2.86. The molecule has 0 N–H and O–H groups in total. The molecule has 0 aromatic heterocycles. The summed E-state index contributed by atoms with van der Waals surface area (Å²) in [7, 11) is 0. The summed E-state index contributed by atoms with van der Waals surface area (Å²) in [5.74, 6) is 0.682. The molecule has 2 heteroatoms. The van der Waals surface area contributed by atoms with Crippen LogP contribution in [0.2, 0.25) is 0 Å². The van der Waals surface area contributed by atoms with Gasteiger partial charge in [-0.2, -0.15) is 0 Å². The highest BCUT2D eigenvalue weighted by Gasteiger charge is 2.17. The Labute approximate surface area is 222 Å². The second-order valence-electron chi connectivity index (χ2n) is 11.5. The van der Waals surface area contributed by atoms with Crippen molar-refractivity contribution in [3.63, 3.8) is 0 Å². The fourth-order valence-electron chi connectivity index (χ4n) is 5.14. The molecule has 35 heavy (non-hydrogen) atoms. The quantitative estimate of drug-likeness (QED) is 0.0798. The van der Waals surface area contributed by atoms with Crippen LogP contribution in [0.3, 0.4) is 0 Å². The highest BCUT2D eigenvalue weighted by Crippen LogP contribution is 2.21. The summed E-state index contributed by atoms with van der Waals surface area (Å²) in [5, 5.41) is 0. The Morgan fingerprint density at radius 2 is 0.800 bits per heavy atom. The highest BCUT2D eigenvalue weighted by molar-refractivity contribution is 5.71. The predicted molar refractivity (Wildman–Crippen MR) is 156 cm³/mol. The van der Waals surface area contributed by atoms with Gasteiger partial charge in [0.05, 0.1) is 12.5 Å². The first-order valence-electron chi connectivity index (χ1n) is 16.3. The third-order valence-electron chi connectivity index (χ3n) is 7.79. The fraction of sp³-hybridized carbons (Fsp3) is 0.970. The van der Waals surface area contributed by atoms with E-state index in [1.165, 1.54) is 154 Å². The van der Waals surface area contributed by atoms with Gasteiger partial charge in [-0.15, -0.1) is 0 Å². The Kier molecular flexibility index (Phi) is 27.6. The molecule has 2 atom stereocenters. The number of hydrogen-bond donors (Lipinski definition) is 0. The molecule has 0 aromatic rings. The van der Waals surface area contributed by atoms with Crippen molar-refractivity contribution in [3.8, 4) is 0 Å². The number of unbranched alkanes of at least 4 members (excludes halogenated alkanes) is 19. The molecule has 0 saturated heterocycles. The lowest BCUT2D eigenvalue weighted by Gasteiger charge is -2.19. The van der Waals surface area contributed by atoms with Gasteiger partial charge in [-0.05, 0) is 25.2 Å². The van der Waals surface area contributed by atoms with Gasteiger partial charge in [0, 0.05) is 0 Å². The van der Waals surface area contributed by atoms with E-state index in [2.05, 4.69) is 27.7 Å². The fourth-order valence-corrected chi connectivity index (χ4v) is 5.14. The van der Waals surface area contributed by atoms with Crippen LogP contribution in [0.25, 0.3) is 0 Å². The van der Waals surface area contributed by atoms with E-state index in [1.807, 2.05) is 0 Å². The summed E-state index contributed by atoms with van der Waals surface area (Å²) in [4.78, 5) is 12.6. The van der Waals surface area contributed by atoms with Gasteiger partial charge in [-0.3, -0.25) is 4.79 Å². The molecule has 0 rings (SSSR count). The number of carbonyl (C=O) groups excluding carboxylic acids is 1. The summed E-state index contributed by atoms with van der Waals surface area (Å²) >= 11 is 0. The summed E-state index contributed by atoms with van der Waals surface area (Å²) < 4.78 is 5.83. The van der Waals surface area contributed by atoms with Gasteiger partial charge in [0.15, 0.2) is 0 Å². The third kappa shape index (κ3) is 24.9. The van der Waals surface area contributed by atoms with E-state index in [9.17, 15) is 4.79 Å². The molecule has 2 nitrogen and oxygen atoms in total. The van der Waals surface area contributed by atoms with Crippen LogP contribution in [-0.4, -0.2) is 12.6 Å². The van der Waals surface area contributed by atoms with Gasteiger partial charge in [-0.25, -0.2) is 0 Å². The second-order valence-corrected chi connectivity index (χ2v) is 11.5. The summed E-state index contributed by atoms with van der Waals surface area (Å²) in [5.41, 5.74) is 0. The maximum absolute atomic E-state index is 12.6. The van der Waals surface area contributed by atoms with Crippen LogP contribution < -0.4 is 0 Å². The topological polar surface area (TPSA) is 26.3 Å². The van der Waals surface area contributed by atoms with Gasteiger partial charge in [0.2, 0.25) is 0 Å². The number of rotatable bonds is 28. The lowest BCUT2D eigenvalue weighted by molar-refractivity contribution is -0.149. The molecule has 0 radical (unpaired) electrons. The maximum Gasteiger partial charge on any atom is 0.308 e. The Morgan fingerprint density at radius 3 is 1.23 bits per heavy atom. The van der Waals surface area contributed by atoms with E-state index >= 15 is 0 Å². The van der Waals surface area contributed by atoms with Gasteiger partial charge in [0.25, 0.3) is 0 Å². The van der Waals surface area contributed by atoms with Crippen molar-refractivity contribution < 1.29 is 9.53 Å². The zero-order valence-corrected chi connectivity index (χ0v) is 24.9. The van der Waals surface area contributed by atoms with Crippen molar-refractivity contribution in [1.82, 2.24) is 0 Å². The standard InChI is InChI=1S/C33H66O2/c1-5-8-11-13-15-16-17-18-19-21-22-25-27-31(4)33(34)35-30-32(28-24-10-7-3)29-26-23-20-14-12-9-6-2/h31-32H,5-30H2,1-4H3. The van der Waals surface area contributed by atoms with Crippen LogP contribution in [-0.2, 0) is 9.53 Å². The molecule has 210 valence electrons. The molecule has 0 aliphatic carbocycles. The molecule has 0 spiro atoms. The number of hydrogen-bond acceptors (Lipinski definition) is 2. The van der Waals surface area contributed by atoms with E-state index in [1.54, 1.807) is 0 Å². The zero-order valence-electron chi connectivity index (χ0n) is 24.9. The minimum Gasteiger partial charge on any atom is -0.465 e. The van der Waals surface area contributed by atoms with Gasteiger partial charge in [-0.1, -0.05) is 169 Å². The highest BCUT2D eigenvalue weighted by atomic mass is 16.5. The van der Waals surface area contributed by atoms with Gasteiger partial charge in [0.1, 0.15) is 0 Å². The van der Waals surface area contributed by atoms with Gasteiger partial charge >= 0.3 is 5.97 Å². The maximum atomic E-state index is 12.6. The van der Waals surface area contributed by atoms with E-state index < -0.39 is 0 Å². The first kappa shape index (κ1) is 34.5. The Hall–Kier alpha value is -0.530. The Balaban J connectivity index is 3.84. The lowest BCUT2D eigenvalue weighted by Crippen LogP contribution is -2.19. The first-order chi connectivity index (χ1) is 17.2. The van der Waals surface area contributed by atoms with Crippen molar-refractivity contribution in [3.05, 3.63) is 0 Å². The van der Waals surface area contributed by atoms with Crippen LogP contribution in [0, 0.1) is 11.8 Å². The Bertz CT molecular complexity index is 419. The molecule has 0 aliphatic heterocycles. The summed E-state index contributed by atoms with van der Waals surface area (Å²) in [6.45, 7) is 9.56. The molecule has 0 amide bonds. The lowest BCUT2D eigenvalue weighted by atomic mass is 9.95. The van der Waals surface area contributed by atoms with Crippen molar-refractivity contribution in [2.45, 2.75) is 188 Å². The van der Waals surface area contributed by atoms with Crippen LogP contribution in [0.5, 0.6) is 0 Å². The first-order valence-corrected chi connectivity index (χ1v) is 16.3. The van der Waals surface area contributed by atoms with Crippen molar-refractivity contribution >= 4 is 5.97 Å². The smallest absolute Gasteiger partial charge is 0.308 e. The van der Waals surface area contributed by atoms with Crippen LogP contribution in [0.4, 0.5) is 0 Å². The molecular weight excluding hydrogens is 428 g/mol. The van der Waals surface area contributed by atoms with E-state index in [-0.39, 0.29) is 11.9 Å². The van der Waals surface area contributed by atoms with Gasteiger partial charge < -0.3 is 4.74 Å². The largest absolute Gasteiger partial charge is 0.465 e. The SMILES string of the molecule is CCCCCCCCCCCCCCC(C)C(=O)OCC(CCCCC)CCCCCCCCC. The van der Waals surface area contributed by atoms with E-state index in [0.717, 1.165) is 6.42 Å². The second kappa shape index (κ2) is 28.0. The molecule has 0 fully saturated rings. The number of carbonyl (C=O) groups is 1. The normalized spacial score (nSPS) is 13.1. The third-order valence-corrected chi connectivity index (χ3v) is 7.79. The number of esters is 1. The minimum atomic E-state index is 0.0492. The average molecular weight is 495 g/mol. The van der Waals surface area contributed by atoms with Crippen molar-refractivity contribution in [2.24, 2.45) is 11.8 Å². The summed E-state index contributed by atoms with van der Waals surface area (Å²) in [6, 6.07) is 0. The van der Waals surface area contributed by atoms with Crippen molar-refractivity contribution in [2.75, 3.05) is 6.61 Å².